The minimum atomic E-state index is -1.77. The summed E-state index contributed by atoms with van der Waals surface area (Å²) in [6, 6.07) is 5.27. The molecule has 0 atom stereocenters. The molecule has 3 rings (SSSR count). The maximum Gasteiger partial charge on any atom is 0.250 e. The number of nitrogens with one attached hydrogen (secondary N) is 1. The number of piperidine rings is 1. The van der Waals surface area contributed by atoms with Gasteiger partial charge < -0.3 is 10.2 Å². The first-order valence-corrected chi connectivity index (χ1v) is 9.84. The van der Waals surface area contributed by atoms with Crippen LogP contribution < -0.4 is 5.32 Å². The number of alkyl halides is 3. The Morgan fingerprint density at radius 1 is 1.00 bits per heavy atom. The Kier molecular flexibility index (Phi) is 6.37. The Morgan fingerprint density at radius 2 is 1.62 bits per heavy atom. The van der Waals surface area contributed by atoms with E-state index >= 15 is 0 Å². The van der Waals surface area contributed by atoms with Gasteiger partial charge in [-0.1, -0.05) is 58.0 Å². The lowest BCUT2D eigenvalue weighted by atomic mass is 10.1. The summed E-state index contributed by atoms with van der Waals surface area (Å²) in [6.45, 7) is 1.99. The molecule has 26 heavy (non-hydrogen) atoms. The van der Waals surface area contributed by atoms with Crippen LogP contribution in [0, 0.1) is 0 Å². The number of hydrogen-bond donors (Lipinski definition) is 1. The Balaban J connectivity index is 1.96. The van der Waals surface area contributed by atoms with Crippen LogP contribution >= 0.6 is 58.0 Å². The van der Waals surface area contributed by atoms with Gasteiger partial charge in [-0.3, -0.25) is 0 Å². The zero-order chi connectivity index (χ0) is 18.9. The second-order valence-electron chi connectivity index (χ2n) is 6.18. The van der Waals surface area contributed by atoms with Gasteiger partial charge in [0.1, 0.15) is 0 Å². The number of nitrogens with zero attached hydrogens (tertiary/aromatic N) is 4. The van der Waals surface area contributed by atoms with E-state index in [9.17, 15) is 0 Å². The summed E-state index contributed by atoms with van der Waals surface area (Å²) < 4.78 is -1.77. The Hall–Kier alpha value is -0.560. The number of rotatable bonds is 3. The van der Waals surface area contributed by atoms with Gasteiger partial charge in [-0.05, 0) is 51.2 Å². The predicted octanol–water partition coefficient (Wildman–Crippen LogP) is 5.18. The number of halogens is 5. The second-order valence-corrected chi connectivity index (χ2v) is 9.34. The third-order valence-corrected chi connectivity index (χ3v) is 5.01. The Morgan fingerprint density at radius 3 is 2.19 bits per heavy atom. The quantitative estimate of drug-likeness (QED) is 0.647. The van der Waals surface area contributed by atoms with Crippen molar-refractivity contribution >= 4 is 64.0 Å². The van der Waals surface area contributed by atoms with E-state index in [1.54, 1.807) is 18.2 Å². The van der Waals surface area contributed by atoms with Crippen molar-refractivity contribution in [2.24, 2.45) is 0 Å². The number of benzene rings is 1. The second kappa shape index (κ2) is 8.21. The molecule has 0 aliphatic carbocycles. The lowest BCUT2D eigenvalue weighted by Crippen LogP contribution is -2.37. The fourth-order valence-electron chi connectivity index (χ4n) is 2.71. The number of likely N-dealkylation sites (tertiary alicyclic amines) is 1. The average molecular weight is 456 g/mol. The highest BCUT2D eigenvalue weighted by atomic mass is 35.6. The van der Waals surface area contributed by atoms with Gasteiger partial charge in [-0.2, -0.15) is 9.97 Å². The molecule has 10 heteroatoms. The van der Waals surface area contributed by atoms with Crippen molar-refractivity contribution in [3.63, 3.8) is 0 Å². The standard InChI is InChI=1S/C16H16Cl5N5/c1-26-4-2-12(3-5-26)22-15-24-13(23-14(25-15)16(19,20)21)9-6-10(17)8-11(18)7-9/h6-8,12H,2-5H2,1H3,(H,22,23,24,25). The van der Waals surface area contributed by atoms with E-state index in [2.05, 4.69) is 32.2 Å². The molecule has 2 aromatic rings. The van der Waals surface area contributed by atoms with E-state index in [1.165, 1.54) is 0 Å². The minimum absolute atomic E-state index is 0.0408. The topological polar surface area (TPSA) is 53.9 Å². The molecule has 0 amide bonds. The SMILES string of the molecule is CN1CCC(Nc2nc(-c3cc(Cl)cc(Cl)c3)nc(C(Cl)(Cl)Cl)n2)CC1. The van der Waals surface area contributed by atoms with E-state index < -0.39 is 3.79 Å². The normalized spacial score (nSPS) is 16.7. The average Bonchev–Trinajstić information content (AvgIpc) is 2.55. The molecule has 1 aromatic carbocycles. The Labute approximate surface area is 177 Å². The monoisotopic (exact) mass is 453 g/mol. The van der Waals surface area contributed by atoms with Crippen LogP contribution in [0.15, 0.2) is 18.2 Å². The smallest absolute Gasteiger partial charge is 0.250 e. The van der Waals surface area contributed by atoms with Crippen molar-refractivity contribution in [2.75, 3.05) is 25.5 Å². The summed E-state index contributed by atoms with van der Waals surface area (Å²) in [7, 11) is 2.10. The van der Waals surface area contributed by atoms with Crippen LogP contribution in [0.5, 0.6) is 0 Å². The van der Waals surface area contributed by atoms with Crippen molar-refractivity contribution in [1.82, 2.24) is 19.9 Å². The molecule has 1 aliphatic rings. The summed E-state index contributed by atoms with van der Waals surface area (Å²) >= 11 is 30.2. The van der Waals surface area contributed by atoms with Crippen LogP contribution in [0.3, 0.4) is 0 Å². The maximum atomic E-state index is 6.08. The predicted molar refractivity (Wildman–Crippen MR) is 109 cm³/mol. The molecule has 5 nitrogen and oxygen atoms in total. The van der Waals surface area contributed by atoms with Gasteiger partial charge in [-0.15, -0.1) is 0 Å². The molecule has 0 saturated carbocycles. The van der Waals surface area contributed by atoms with Crippen molar-refractivity contribution in [2.45, 2.75) is 22.7 Å². The molecule has 140 valence electrons. The molecule has 0 radical (unpaired) electrons. The minimum Gasteiger partial charge on any atom is -0.351 e. The molecule has 1 fully saturated rings. The molecule has 2 heterocycles. The molecular weight excluding hydrogens is 439 g/mol. The van der Waals surface area contributed by atoms with Gasteiger partial charge in [0.15, 0.2) is 11.6 Å². The van der Waals surface area contributed by atoms with Crippen LogP contribution in [0.4, 0.5) is 5.95 Å². The number of anilines is 1. The van der Waals surface area contributed by atoms with Gasteiger partial charge in [0.05, 0.1) is 0 Å². The van der Waals surface area contributed by atoms with Crippen LogP contribution in [0.1, 0.15) is 18.7 Å². The lowest BCUT2D eigenvalue weighted by Gasteiger charge is -2.29. The highest BCUT2D eigenvalue weighted by Gasteiger charge is 2.29. The van der Waals surface area contributed by atoms with E-state index in [4.69, 9.17) is 58.0 Å². The highest BCUT2D eigenvalue weighted by molar-refractivity contribution is 6.66. The summed E-state index contributed by atoms with van der Waals surface area (Å²) in [5, 5.41) is 4.25. The van der Waals surface area contributed by atoms with Crippen molar-refractivity contribution in [1.29, 1.82) is 0 Å². The molecule has 0 spiro atoms. The van der Waals surface area contributed by atoms with Crippen LogP contribution in [-0.2, 0) is 3.79 Å². The molecule has 0 unspecified atom stereocenters. The van der Waals surface area contributed by atoms with Crippen LogP contribution in [-0.4, -0.2) is 46.0 Å². The molecule has 1 saturated heterocycles. The third kappa shape index (κ3) is 5.24. The molecule has 0 bridgehead atoms. The van der Waals surface area contributed by atoms with Crippen LogP contribution in [0.25, 0.3) is 11.4 Å². The van der Waals surface area contributed by atoms with E-state index in [0.29, 0.717) is 27.4 Å². The van der Waals surface area contributed by atoms with Gasteiger partial charge in [0.2, 0.25) is 9.74 Å². The first kappa shape index (κ1) is 20.2. The molecule has 1 aromatic heterocycles. The van der Waals surface area contributed by atoms with Crippen molar-refractivity contribution in [3.8, 4) is 11.4 Å². The molecular formula is C16H16Cl5N5. The van der Waals surface area contributed by atoms with Gasteiger partial charge >= 0.3 is 0 Å². The van der Waals surface area contributed by atoms with Gasteiger partial charge in [-0.25, -0.2) is 4.98 Å². The van der Waals surface area contributed by atoms with Crippen molar-refractivity contribution < 1.29 is 0 Å². The summed E-state index contributed by atoms with van der Waals surface area (Å²) in [5.41, 5.74) is 0.617. The summed E-state index contributed by atoms with van der Waals surface area (Å²) in [4.78, 5) is 15.3. The first-order chi connectivity index (χ1) is 12.2. The fourth-order valence-corrected chi connectivity index (χ4v) is 3.49. The lowest BCUT2D eigenvalue weighted by molar-refractivity contribution is 0.263. The molecule has 1 N–H and O–H groups in total. The van der Waals surface area contributed by atoms with Gasteiger partial charge in [0.25, 0.3) is 0 Å². The van der Waals surface area contributed by atoms with Crippen LogP contribution in [0.2, 0.25) is 10.0 Å². The van der Waals surface area contributed by atoms with Gasteiger partial charge in [0, 0.05) is 21.7 Å². The fraction of sp³-hybridized carbons (Fsp3) is 0.438. The third-order valence-electron chi connectivity index (χ3n) is 4.06. The first-order valence-electron chi connectivity index (χ1n) is 7.95. The largest absolute Gasteiger partial charge is 0.351 e. The molecule has 1 aliphatic heterocycles. The van der Waals surface area contributed by atoms with Crippen molar-refractivity contribution in [3.05, 3.63) is 34.1 Å². The van der Waals surface area contributed by atoms with E-state index in [1.807, 2.05) is 0 Å². The highest BCUT2D eigenvalue weighted by Crippen LogP contribution is 2.37. The van der Waals surface area contributed by atoms with E-state index in [-0.39, 0.29) is 11.9 Å². The van der Waals surface area contributed by atoms with E-state index in [0.717, 1.165) is 25.9 Å². The number of hydrogen-bond acceptors (Lipinski definition) is 5. The Bertz CT molecular complexity index is 767. The summed E-state index contributed by atoms with van der Waals surface area (Å²) in [6.07, 6.45) is 1.95. The zero-order valence-corrected chi connectivity index (χ0v) is 17.6. The summed E-state index contributed by atoms with van der Waals surface area (Å²) in [5.74, 6) is 0.738. The maximum absolute atomic E-state index is 6.08. The number of aromatic nitrogens is 3. The zero-order valence-electron chi connectivity index (χ0n) is 13.8.